The number of hydrogen-bond donors (Lipinski definition) is 1. The Morgan fingerprint density at radius 1 is 1.37 bits per heavy atom. The van der Waals surface area contributed by atoms with E-state index >= 15 is 0 Å². The highest BCUT2D eigenvalue weighted by atomic mass is 19.4. The van der Waals surface area contributed by atoms with Crippen molar-refractivity contribution in [3.63, 3.8) is 0 Å². The zero-order chi connectivity index (χ0) is 14.0. The van der Waals surface area contributed by atoms with Gasteiger partial charge in [0.2, 0.25) is 0 Å². The molecule has 4 nitrogen and oxygen atoms in total. The maximum Gasteiger partial charge on any atom is 0.390 e. The number of rotatable bonds is 4. The average molecular weight is 273 g/mol. The van der Waals surface area contributed by atoms with Crippen molar-refractivity contribution in [2.24, 2.45) is 0 Å². The normalized spacial score (nSPS) is 12.1. The Morgan fingerprint density at radius 3 is 2.74 bits per heavy atom. The molecule has 2 heterocycles. The van der Waals surface area contributed by atoms with Crippen LogP contribution >= 0.6 is 0 Å². The average Bonchev–Trinajstić information content (AvgIpc) is 2.73. The molecule has 0 spiro atoms. The van der Waals surface area contributed by atoms with Crippen molar-refractivity contribution >= 4 is 11.5 Å². The molecular formula is C12H14F3N3O. The molecule has 0 aliphatic carbocycles. The van der Waals surface area contributed by atoms with E-state index in [-0.39, 0.29) is 13.2 Å². The quantitative estimate of drug-likeness (QED) is 0.928. The lowest BCUT2D eigenvalue weighted by Gasteiger charge is -2.18. The highest BCUT2D eigenvalue weighted by Gasteiger charge is 2.28. The molecule has 0 aliphatic heterocycles. The fraction of sp³-hybridized carbons (Fsp3) is 0.417. The summed E-state index contributed by atoms with van der Waals surface area (Å²) >= 11 is 0. The van der Waals surface area contributed by atoms with E-state index in [0.29, 0.717) is 17.2 Å². The number of hydrogen-bond acceptors (Lipinski definition) is 3. The van der Waals surface area contributed by atoms with Crippen LogP contribution in [0.25, 0.3) is 5.65 Å². The van der Waals surface area contributed by atoms with Crippen LogP contribution in [0.5, 0.6) is 0 Å². The predicted molar refractivity (Wildman–Crippen MR) is 65.1 cm³/mol. The number of aromatic nitrogens is 2. The minimum Gasteiger partial charge on any atom is -0.390 e. The van der Waals surface area contributed by atoms with E-state index in [1.54, 1.807) is 28.8 Å². The van der Waals surface area contributed by atoms with Crippen LogP contribution < -0.4 is 4.90 Å². The van der Waals surface area contributed by atoms with Crippen molar-refractivity contribution < 1.29 is 18.3 Å². The van der Waals surface area contributed by atoms with E-state index in [9.17, 15) is 18.3 Å². The molecule has 2 aromatic rings. The van der Waals surface area contributed by atoms with Gasteiger partial charge in [-0.15, -0.1) is 0 Å². The maximum atomic E-state index is 12.2. The summed E-state index contributed by atoms with van der Waals surface area (Å²) < 4.78 is 38.3. The van der Waals surface area contributed by atoms with E-state index < -0.39 is 12.6 Å². The minimum atomic E-state index is -4.20. The van der Waals surface area contributed by atoms with Crippen LogP contribution in [0.1, 0.15) is 12.1 Å². The molecule has 19 heavy (non-hydrogen) atoms. The van der Waals surface area contributed by atoms with Crippen molar-refractivity contribution in [2.45, 2.75) is 19.2 Å². The van der Waals surface area contributed by atoms with Crippen LogP contribution in [0.3, 0.4) is 0 Å². The number of fused-ring (bicyclic) bond motifs is 1. The Kier molecular flexibility index (Phi) is 3.66. The zero-order valence-corrected chi connectivity index (χ0v) is 10.4. The second kappa shape index (κ2) is 5.08. The summed E-state index contributed by atoms with van der Waals surface area (Å²) in [5.74, 6) is 0.373. The smallest absolute Gasteiger partial charge is 0.390 e. The van der Waals surface area contributed by atoms with E-state index in [1.807, 2.05) is 0 Å². The molecule has 0 amide bonds. The second-order valence-corrected chi connectivity index (χ2v) is 4.26. The van der Waals surface area contributed by atoms with Gasteiger partial charge in [-0.3, -0.25) is 4.40 Å². The van der Waals surface area contributed by atoms with Crippen LogP contribution in [0.4, 0.5) is 19.0 Å². The van der Waals surface area contributed by atoms with Gasteiger partial charge in [-0.1, -0.05) is 6.07 Å². The SMILES string of the molecule is CN(CCC(F)(F)F)c1nc2ccccn2c1CO. The number of aliphatic hydroxyl groups excluding tert-OH is 1. The lowest BCUT2D eigenvalue weighted by Crippen LogP contribution is -2.25. The highest BCUT2D eigenvalue weighted by molar-refractivity contribution is 5.55. The predicted octanol–water partition coefficient (Wildman–Crippen LogP) is 2.22. The van der Waals surface area contributed by atoms with Crippen LogP contribution in [0.2, 0.25) is 0 Å². The van der Waals surface area contributed by atoms with E-state index in [4.69, 9.17) is 0 Å². The number of halogens is 3. The van der Waals surface area contributed by atoms with Crippen molar-refractivity contribution in [1.82, 2.24) is 9.38 Å². The molecule has 2 rings (SSSR count). The van der Waals surface area contributed by atoms with Gasteiger partial charge >= 0.3 is 6.18 Å². The molecular weight excluding hydrogens is 259 g/mol. The molecule has 0 bridgehead atoms. The number of anilines is 1. The standard InChI is InChI=1S/C12H14F3N3O/c1-17(7-5-12(13,14)15)11-9(8-19)18-6-3-2-4-10(18)16-11/h2-4,6,19H,5,7-8H2,1H3. The molecule has 0 fully saturated rings. The molecule has 0 aliphatic rings. The molecule has 0 saturated carbocycles. The van der Waals surface area contributed by atoms with Crippen LogP contribution in [0.15, 0.2) is 24.4 Å². The largest absolute Gasteiger partial charge is 0.390 e. The van der Waals surface area contributed by atoms with Gasteiger partial charge in [-0.25, -0.2) is 4.98 Å². The first-order valence-electron chi connectivity index (χ1n) is 5.77. The van der Waals surface area contributed by atoms with Gasteiger partial charge in [0.15, 0.2) is 5.82 Å². The number of aliphatic hydroxyl groups is 1. The Hall–Kier alpha value is -1.76. The van der Waals surface area contributed by atoms with E-state index in [0.717, 1.165) is 0 Å². The molecule has 1 N–H and O–H groups in total. The van der Waals surface area contributed by atoms with Crippen molar-refractivity contribution in [3.8, 4) is 0 Å². The summed E-state index contributed by atoms with van der Waals surface area (Å²) in [6, 6.07) is 5.29. The maximum absolute atomic E-state index is 12.2. The van der Waals surface area contributed by atoms with Crippen molar-refractivity contribution in [2.75, 3.05) is 18.5 Å². The molecule has 0 unspecified atom stereocenters. The van der Waals surface area contributed by atoms with Crippen LogP contribution in [-0.2, 0) is 6.61 Å². The summed E-state index contributed by atoms with van der Waals surface area (Å²) in [5, 5.41) is 9.37. The monoisotopic (exact) mass is 273 g/mol. The first-order chi connectivity index (χ1) is 8.92. The molecule has 0 radical (unpaired) electrons. The van der Waals surface area contributed by atoms with Gasteiger partial charge in [-0.2, -0.15) is 13.2 Å². The van der Waals surface area contributed by atoms with Gasteiger partial charge < -0.3 is 10.0 Å². The summed E-state index contributed by atoms with van der Waals surface area (Å²) in [6.07, 6.45) is -3.40. The first kappa shape index (κ1) is 13.7. The molecule has 0 atom stereocenters. The summed E-state index contributed by atoms with van der Waals surface area (Å²) in [7, 11) is 1.53. The van der Waals surface area contributed by atoms with Crippen LogP contribution in [0, 0.1) is 0 Å². The molecule has 2 aromatic heterocycles. The Labute approximate surface area is 108 Å². The third kappa shape index (κ3) is 2.98. The topological polar surface area (TPSA) is 40.8 Å². The third-order valence-electron chi connectivity index (χ3n) is 2.85. The number of nitrogens with zero attached hydrogens (tertiary/aromatic N) is 3. The number of alkyl halides is 3. The summed E-state index contributed by atoms with van der Waals surface area (Å²) in [5.41, 5.74) is 1.08. The van der Waals surface area contributed by atoms with Crippen LogP contribution in [-0.4, -0.2) is 34.3 Å². The van der Waals surface area contributed by atoms with Crippen molar-refractivity contribution in [1.29, 1.82) is 0 Å². The van der Waals surface area contributed by atoms with E-state index in [1.165, 1.54) is 11.9 Å². The number of imidazole rings is 1. The zero-order valence-electron chi connectivity index (χ0n) is 10.4. The van der Waals surface area contributed by atoms with Gasteiger partial charge in [-0.05, 0) is 12.1 Å². The Morgan fingerprint density at radius 2 is 2.11 bits per heavy atom. The molecule has 0 saturated heterocycles. The third-order valence-corrected chi connectivity index (χ3v) is 2.85. The van der Waals surface area contributed by atoms with E-state index in [2.05, 4.69) is 4.98 Å². The van der Waals surface area contributed by atoms with Gasteiger partial charge in [0.25, 0.3) is 0 Å². The van der Waals surface area contributed by atoms with Gasteiger partial charge in [0, 0.05) is 19.8 Å². The van der Waals surface area contributed by atoms with Gasteiger partial charge in [0.05, 0.1) is 18.7 Å². The fourth-order valence-corrected chi connectivity index (χ4v) is 1.89. The lowest BCUT2D eigenvalue weighted by atomic mass is 10.3. The molecule has 7 heteroatoms. The Balaban J connectivity index is 2.28. The molecule has 104 valence electrons. The fourth-order valence-electron chi connectivity index (χ4n) is 1.89. The van der Waals surface area contributed by atoms with Gasteiger partial charge in [0.1, 0.15) is 5.65 Å². The summed E-state index contributed by atoms with van der Waals surface area (Å²) in [4.78, 5) is 5.65. The lowest BCUT2D eigenvalue weighted by molar-refractivity contribution is -0.132. The second-order valence-electron chi connectivity index (χ2n) is 4.26. The highest BCUT2D eigenvalue weighted by Crippen LogP contribution is 2.24. The van der Waals surface area contributed by atoms with Crippen molar-refractivity contribution in [3.05, 3.63) is 30.1 Å². The summed E-state index contributed by atoms with van der Waals surface area (Å²) in [6.45, 7) is -0.475. The Bertz CT molecular complexity index is 565. The minimum absolute atomic E-state index is 0.194. The number of pyridine rings is 1. The molecule has 0 aromatic carbocycles. The first-order valence-corrected chi connectivity index (χ1v) is 5.77.